The number of carbonyl (C=O) groups excluding carboxylic acids is 1. The molecule has 1 aliphatic rings. The molecule has 0 spiro atoms. The van der Waals surface area contributed by atoms with Gasteiger partial charge in [-0.05, 0) is 12.1 Å². The molecule has 7 heteroatoms. The quantitative estimate of drug-likeness (QED) is 0.905. The maximum absolute atomic E-state index is 12.3. The van der Waals surface area contributed by atoms with Gasteiger partial charge >= 0.3 is 4.87 Å². The van der Waals surface area contributed by atoms with Gasteiger partial charge in [0.1, 0.15) is 6.54 Å². The van der Waals surface area contributed by atoms with E-state index in [9.17, 15) is 9.59 Å². The first kappa shape index (κ1) is 13.6. The minimum absolute atomic E-state index is 0.0201. The molecule has 1 aromatic carbocycles. The third-order valence-corrected chi connectivity index (χ3v) is 4.87. The summed E-state index contributed by atoms with van der Waals surface area (Å²) in [6, 6.07) is 5.37. The van der Waals surface area contributed by atoms with E-state index >= 15 is 0 Å². The van der Waals surface area contributed by atoms with E-state index in [-0.39, 0.29) is 17.3 Å². The fraction of sp³-hybridized carbons (Fsp3) is 0.385. The van der Waals surface area contributed by atoms with E-state index < -0.39 is 0 Å². The number of fused-ring (bicyclic) bond motifs is 1. The number of hydrogen-bond acceptors (Lipinski definition) is 4. The van der Waals surface area contributed by atoms with E-state index in [2.05, 4.69) is 5.32 Å². The van der Waals surface area contributed by atoms with Gasteiger partial charge in [0.15, 0.2) is 0 Å². The topological polar surface area (TPSA) is 54.3 Å². The van der Waals surface area contributed by atoms with Crippen molar-refractivity contribution in [2.24, 2.45) is 0 Å². The van der Waals surface area contributed by atoms with E-state index in [1.807, 2.05) is 6.07 Å². The molecule has 0 saturated carbocycles. The Bertz CT molecular complexity index is 703. The normalized spacial score (nSPS) is 15.8. The third-order valence-electron chi connectivity index (χ3n) is 3.41. The minimum atomic E-state index is -0.142. The Hall–Kier alpha value is -1.37. The van der Waals surface area contributed by atoms with Crippen LogP contribution < -0.4 is 10.2 Å². The molecule has 2 heterocycles. The van der Waals surface area contributed by atoms with Gasteiger partial charge in [0.2, 0.25) is 5.91 Å². The Balaban J connectivity index is 1.90. The van der Waals surface area contributed by atoms with Crippen LogP contribution in [0.25, 0.3) is 10.2 Å². The number of hydrogen-bond donors (Lipinski definition) is 1. The Kier molecular flexibility index (Phi) is 3.78. The molecule has 5 nitrogen and oxygen atoms in total. The molecule has 2 aromatic rings. The Morgan fingerprint density at radius 1 is 1.35 bits per heavy atom. The van der Waals surface area contributed by atoms with Crippen molar-refractivity contribution in [3.05, 3.63) is 32.9 Å². The fourth-order valence-electron chi connectivity index (χ4n) is 2.35. The lowest BCUT2D eigenvalue weighted by atomic mass is 10.3. The number of nitrogens with zero attached hydrogens (tertiary/aromatic N) is 2. The van der Waals surface area contributed by atoms with Gasteiger partial charge in [-0.15, -0.1) is 0 Å². The van der Waals surface area contributed by atoms with E-state index in [1.54, 1.807) is 17.0 Å². The standard InChI is InChI=1S/C13H14ClN3O2S/c14-9-2-1-3-10-12(9)20-13(19)17(10)8-11(18)16-6-4-15-5-7-16/h1-3,15H,4-8H2. The van der Waals surface area contributed by atoms with Crippen molar-refractivity contribution >= 4 is 39.1 Å². The van der Waals surface area contributed by atoms with Gasteiger partial charge in [-0.25, -0.2) is 0 Å². The van der Waals surface area contributed by atoms with Crippen molar-refractivity contribution in [1.29, 1.82) is 0 Å². The molecule has 1 N–H and O–H groups in total. The first-order valence-electron chi connectivity index (χ1n) is 6.43. The number of carbonyl (C=O) groups is 1. The van der Waals surface area contributed by atoms with E-state index in [4.69, 9.17) is 11.6 Å². The van der Waals surface area contributed by atoms with Crippen molar-refractivity contribution < 1.29 is 4.79 Å². The van der Waals surface area contributed by atoms with Crippen LogP contribution in [0.1, 0.15) is 0 Å². The monoisotopic (exact) mass is 311 g/mol. The van der Waals surface area contributed by atoms with Crippen molar-refractivity contribution in [2.45, 2.75) is 6.54 Å². The molecule has 1 saturated heterocycles. The molecule has 106 valence electrons. The van der Waals surface area contributed by atoms with E-state index in [1.165, 1.54) is 4.57 Å². The molecule has 1 aliphatic heterocycles. The Morgan fingerprint density at radius 3 is 2.85 bits per heavy atom. The number of piperazine rings is 1. The van der Waals surface area contributed by atoms with Gasteiger partial charge in [-0.2, -0.15) is 0 Å². The number of thiazole rings is 1. The van der Waals surface area contributed by atoms with Crippen LogP contribution in [0.15, 0.2) is 23.0 Å². The summed E-state index contributed by atoms with van der Waals surface area (Å²) in [5, 5.41) is 3.75. The summed E-state index contributed by atoms with van der Waals surface area (Å²) in [6.45, 7) is 3.07. The maximum Gasteiger partial charge on any atom is 0.308 e. The predicted molar refractivity (Wildman–Crippen MR) is 80.5 cm³/mol. The summed E-state index contributed by atoms with van der Waals surface area (Å²) in [7, 11) is 0. The summed E-state index contributed by atoms with van der Waals surface area (Å²) < 4.78 is 2.25. The first-order valence-corrected chi connectivity index (χ1v) is 7.62. The van der Waals surface area contributed by atoms with Crippen molar-refractivity contribution in [1.82, 2.24) is 14.8 Å². The zero-order valence-electron chi connectivity index (χ0n) is 10.8. The first-order chi connectivity index (χ1) is 9.66. The highest BCUT2D eigenvalue weighted by Crippen LogP contribution is 2.25. The second kappa shape index (κ2) is 5.55. The molecule has 3 rings (SSSR count). The summed E-state index contributed by atoms with van der Waals surface area (Å²) in [4.78, 5) is 26.0. The zero-order valence-corrected chi connectivity index (χ0v) is 12.3. The van der Waals surface area contributed by atoms with Crippen LogP contribution in [0.2, 0.25) is 5.02 Å². The van der Waals surface area contributed by atoms with Gasteiger partial charge in [-0.1, -0.05) is 29.0 Å². The van der Waals surface area contributed by atoms with Gasteiger partial charge in [0.05, 0.1) is 15.2 Å². The molecule has 20 heavy (non-hydrogen) atoms. The Labute approximate surface area is 124 Å². The molecule has 1 amide bonds. The van der Waals surface area contributed by atoms with E-state index in [0.29, 0.717) is 18.1 Å². The van der Waals surface area contributed by atoms with E-state index in [0.717, 1.165) is 34.6 Å². The van der Waals surface area contributed by atoms with Crippen molar-refractivity contribution in [3.63, 3.8) is 0 Å². The molecular formula is C13H14ClN3O2S. The molecular weight excluding hydrogens is 298 g/mol. The fourth-order valence-corrected chi connectivity index (χ4v) is 3.53. The molecule has 0 bridgehead atoms. The smallest absolute Gasteiger partial charge is 0.308 e. The van der Waals surface area contributed by atoms with Crippen LogP contribution in [0.4, 0.5) is 0 Å². The highest BCUT2D eigenvalue weighted by atomic mass is 35.5. The molecule has 1 fully saturated rings. The second-order valence-electron chi connectivity index (χ2n) is 4.67. The molecule has 0 atom stereocenters. The lowest BCUT2D eigenvalue weighted by molar-refractivity contribution is -0.132. The van der Waals surface area contributed by atoms with Crippen LogP contribution in [0, 0.1) is 0 Å². The number of amides is 1. The summed E-state index contributed by atoms with van der Waals surface area (Å²) in [5.41, 5.74) is 0.732. The minimum Gasteiger partial charge on any atom is -0.339 e. The maximum atomic E-state index is 12.3. The Morgan fingerprint density at radius 2 is 2.10 bits per heavy atom. The summed E-state index contributed by atoms with van der Waals surface area (Å²) in [6.07, 6.45) is 0. The van der Waals surface area contributed by atoms with Crippen LogP contribution in [0.3, 0.4) is 0 Å². The van der Waals surface area contributed by atoms with Gasteiger partial charge in [-0.3, -0.25) is 14.2 Å². The van der Waals surface area contributed by atoms with Gasteiger partial charge in [0.25, 0.3) is 0 Å². The molecule has 0 aliphatic carbocycles. The third kappa shape index (κ3) is 2.46. The number of rotatable bonds is 2. The van der Waals surface area contributed by atoms with Crippen LogP contribution in [-0.4, -0.2) is 41.6 Å². The highest BCUT2D eigenvalue weighted by molar-refractivity contribution is 7.17. The molecule has 0 unspecified atom stereocenters. The number of benzene rings is 1. The largest absolute Gasteiger partial charge is 0.339 e. The summed E-state index contributed by atoms with van der Waals surface area (Å²) >= 11 is 7.17. The molecule has 1 aromatic heterocycles. The number of aromatic nitrogens is 1. The second-order valence-corrected chi connectivity index (χ2v) is 6.04. The zero-order chi connectivity index (χ0) is 14.1. The predicted octanol–water partition coefficient (Wildman–Crippen LogP) is 1.15. The van der Waals surface area contributed by atoms with Crippen molar-refractivity contribution in [3.8, 4) is 0 Å². The average Bonchev–Trinajstić information content (AvgIpc) is 2.78. The van der Waals surface area contributed by atoms with Crippen LogP contribution >= 0.6 is 22.9 Å². The van der Waals surface area contributed by atoms with Crippen LogP contribution in [0.5, 0.6) is 0 Å². The van der Waals surface area contributed by atoms with Crippen LogP contribution in [-0.2, 0) is 11.3 Å². The number of halogens is 1. The lowest BCUT2D eigenvalue weighted by Crippen LogP contribution is -2.47. The summed E-state index contributed by atoms with van der Waals surface area (Å²) in [5.74, 6) is -0.0201. The average molecular weight is 312 g/mol. The van der Waals surface area contributed by atoms with Gasteiger partial charge in [0, 0.05) is 26.2 Å². The lowest BCUT2D eigenvalue weighted by Gasteiger charge is -2.27. The van der Waals surface area contributed by atoms with Gasteiger partial charge < -0.3 is 10.2 Å². The SMILES string of the molecule is O=C(Cn1c(=O)sc2c(Cl)cccc21)N1CCNCC1. The van der Waals surface area contributed by atoms with Crippen molar-refractivity contribution in [2.75, 3.05) is 26.2 Å². The highest BCUT2D eigenvalue weighted by Gasteiger charge is 2.19. The molecule has 0 radical (unpaired) electrons. The number of nitrogens with one attached hydrogen (secondary N) is 1.